The Morgan fingerprint density at radius 1 is 1.36 bits per heavy atom. The monoisotopic (exact) mass is 205 g/mol. The van der Waals surface area contributed by atoms with Gasteiger partial charge in [0.2, 0.25) is 0 Å². The summed E-state index contributed by atoms with van der Waals surface area (Å²) in [6.07, 6.45) is 0. The molecule has 2 rings (SSSR count). The number of nitrogens with zero attached hydrogens (tertiary/aromatic N) is 2. The molecule has 1 N–H and O–H groups in total. The van der Waals surface area contributed by atoms with Gasteiger partial charge in [0.1, 0.15) is 4.64 Å². The molecule has 0 saturated carbocycles. The molecule has 14 heavy (non-hydrogen) atoms. The number of aromatic amines is 1. The fourth-order valence-electron chi connectivity index (χ4n) is 1.30. The number of benzene rings is 1. The summed E-state index contributed by atoms with van der Waals surface area (Å²) in [7, 11) is 0. The molecule has 0 bridgehead atoms. The normalized spacial score (nSPS) is 10.4. The standard InChI is InChI=1S/C10H11N3S/c1-8-10(14)13(12-11-8)7-9-5-3-2-4-6-9/h2-6,12H,7H2,1H3. The lowest BCUT2D eigenvalue weighted by Crippen LogP contribution is -2.01. The first-order chi connectivity index (χ1) is 6.77. The highest BCUT2D eigenvalue weighted by Gasteiger charge is 1.99. The summed E-state index contributed by atoms with van der Waals surface area (Å²) in [5.74, 6) is 0. The Kier molecular flexibility index (Phi) is 2.45. The zero-order valence-corrected chi connectivity index (χ0v) is 8.71. The van der Waals surface area contributed by atoms with E-state index in [1.807, 2.05) is 29.8 Å². The Bertz CT molecular complexity index is 470. The first-order valence-electron chi connectivity index (χ1n) is 4.43. The zero-order valence-electron chi connectivity index (χ0n) is 7.90. The van der Waals surface area contributed by atoms with Crippen LogP contribution in [-0.2, 0) is 6.54 Å². The number of rotatable bonds is 2. The Hall–Kier alpha value is -1.42. The van der Waals surface area contributed by atoms with Gasteiger partial charge in [0.15, 0.2) is 0 Å². The van der Waals surface area contributed by atoms with Gasteiger partial charge in [-0.05, 0) is 12.5 Å². The molecule has 0 aliphatic rings. The van der Waals surface area contributed by atoms with Gasteiger partial charge >= 0.3 is 0 Å². The molecule has 1 aromatic carbocycles. The lowest BCUT2D eigenvalue weighted by atomic mass is 10.2. The first-order valence-corrected chi connectivity index (χ1v) is 4.84. The second-order valence-electron chi connectivity index (χ2n) is 3.17. The molecule has 0 amide bonds. The van der Waals surface area contributed by atoms with E-state index in [1.54, 1.807) is 0 Å². The fourth-order valence-corrected chi connectivity index (χ4v) is 1.45. The molecule has 0 unspecified atom stereocenters. The lowest BCUT2D eigenvalue weighted by Gasteiger charge is -2.00. The maximum absolute atomic E-state index is 5.19. The Labute approximate surface area is 87.4 Å². The van der Waals surface area contributed by atoms with Gasteiger partial charge < -0.3 is 0 Å². The van der Waals surface area contributed by atoms with Crippen LogP contribution in [0.4, 0.5) is 0 Å². The van der Waals surface area contributed by atoms with E-state index in [-0.39, 0.29) is 0 Å². The molecule has 0 saturated heterocycles. The summed E-state index contributed by atoms with van der Waals surface area (Å²) < 4.78 is 2.63. The summed E-state index contributed by atoms with van der Waals surface area (Å²) in [5.41, 5.74) is 2.09. The number of hydrogen-bond donors (Lipinski definition) is 1. The molecule has 0 fully saturated rings. The molecule has 4 heteroatoms. The second kappa shape index (κ2) is 3.75. The van der Waals surface area contributed by atoms with Crippen molar-refractivity contribution in [1.82, 2.24) is 15.0 Å². The van der Waals surface area contributed by atoms with Gasteiger partial charge in [-0.3, -0.25) is 4.68 Å². The molecular formula is C10H11N3S. The average Bonchev–Trinajstić information content (AvgIpc) is 2.52. The first kappa shape index (κ1) is 9.15. The van der Waals surface area contributed by atoms with Crippen molar-refractivity contribution < 1.29 is 0 Å². The van der Waals surface area contributed by atoms with Crippen molar-refractivity contribution in [3.63, 3.8) is 0 Å². The zero-order chi connectivity index (χ0) is 9.97. The molecular weight excluding hydrogens is 194 g/mol. The summed E-state index contributed by atoms with van der Waals surface area (Å²) in [5, 5.41) is 6.93. The highest BCUT2D eigenvalue weighted by atomic mass is 32.1. The number of H-pyrrole nitrogens is 1. The van der Waals surface area contributed by atoms with Gasteiger partial charge in [-0.1, -0.05) is 42.5 Å². The van der Waals surface area contributed by atoms with Crippen LogP contribution in [0.1, 0.15) is 11.3 Å². The summed E-state index contributed by atoms with van der Waals surface area (Å²) in [6, 6.07) is 10.2. The van der Waals surface area contributed by atoms with Gasteiger partial charge in [-0.2, -0.15) is 5.10 Å². The van der Waals surface area contributed by atoms with E-state index >= 15 is 0 Å². The number of hydrogen-bond acceptors (Lipinski definition) is 2. The van der Waals surface area contributed by atoms with E-state index in [4.69, 9.17) is 12.2 Å². The minimum absolute atomic E-state index is 0.751. The van der Waals surface area contributed by atoms with Crippen LogP contribution in [0.3, 0.4) is 0 Å². The van der Waals surface area contributed by atoms with Gasteiger partial charge in [0, 0.05) is 0 Å². The molecule has 2 aromatic rings. The molecule has 72 valence electrons. The van der Waals surface area contributed by atoms with Crippen molar-refractivity contribution in [3.8, 4) is 0 Å². The molecule has 1 aromatic heterocycles. The van der Waals surface area contributed by atoms with E-state index in [9.17, 15) is 0 Å². The quantitative estimate of drug-likeness (QED) is 0.763. The third-order valence-electron chi connectivity index (χ3n) is 2.08. The average molecular weight is 205 g/mol. The molecule has 0 radical (unpaired) electrons. The van der Waals surface area contributed by atoms with Crippen LogP contribution in [0, 0.1) is 11.6 Å². The maximum Gasteiger partial charge on any atom is 0.145 e. The van der Waals surface area contributed by atoms with Crippen LogP contribution in [0.2, 0.25) is 0 Å². The van der Waals surface area contributed by atoms with Crippen LogP contribution in [0.5, 0.6) is 0 Å². The van der Waals surface area contributed by atoms with Gasteiger partial charge in [0.05, 0.1) is 12.2 Å². The molecule has 3 nitrogen and oxygen atoms in total. The highest BCUT2D eigenvalue weighted by molar-refractivity contribution is 7.71. The highest BCUT2D eigenvalue weighted by Crippen LogP contribution is 2.03. The van der Waals surface area contributed by atoms with Crippen LogP contribution in [0.25, 0.3) is 0 Å². The summed E-state index contributed by atoms with van der Waals surface area (Å²) in [4.78, 5) is 0. The Morgan fingerprint density at radius 3 is 2.64 bits per heavy atom. The van der Waals surface area contributed by atoms with Crippen molar-refractivity contribution >= 4 is 12.2 Å². The van der Waals surface area contributed by atoms with Crippen LogP contribution >= 0.6 is 12.2 Å². The minimum Gasteiger partial charge on any atom is -0.255 e. The number of aromatic nitrogens is 3. The van der Waals surface area contributed by atoms with Crippen molar-refractivity contribution in [2.75, 3.05) is 0 Å². The second-order valence-corrected chi connectivity index (χ2v) is 3.56. The Balaban J connectivity index is 2.28. The summed E-state index contributed by atoms with van der Waals surface area (Å²) >= 11 is 5.19. The van der Waals surface area contributed by atoms with E-state index in [0.29, 0.717) is 0 Å². The fraction of sp³-hybridized carbons (Fsp3) is 0.200. The Morgan fingerprint density at radius 2 is 2.07 bits per heavy atom. The summed E-state index contributed by atoms with van der Waals surface area (Å²) in [6.45, 7) is 2.65. The number of aryl methyl sites for hydroxylation is 1. The lowest BCUT2D eigenvalue weighted by molar-refractivity contribution is 0.643. The van der Waals surface area contributed by atoms with Crippen molar-refractivity contribution in [2.24, 2.45) is 0 Å². The number of nitrogens with one attached hydrogen (secondary N) is 1. The van der Waals surface area contributed by atoms with E-state index in [0.717, 1.165) is 16.9 Å². The van der Waals surface area contributed by atoms with Gasteiger partial charge in [0.25, 0.3) is 0 Å². The van der Waals surface area contributed by atoms with E-state index in [2.05, 4.69) is 22.4 Å². The van der Waals surface area contributed by atoms with Crippen LogP contribution in [0.15, 0.2) is 30.3 Å². The third-order valence-corrected chi connectivity index (χ3v) is 2.59. The molecule has 0 aliphatic carbocycles. The largest absolute Gasteiger partial charge is 0.255 e. The molecule has 1 heterocycles. The van der Waals surface area contributed by atoms with Crippen molar-refractivity contribution in [2.45, 2.75) is 13.5 Å². The van der Waals surface area contributed by atoms with Gasteiger partial charge in [-0.25, -0.2) is 5.21 Å². The van der Waals surface area contributed by atoms with Gasteiger partial charge in [-0.15, -0.1) is 0 Å². The third kappa shape index (κ3) is 1.75. The SMILES string of the molecule is Cc1n[nH]n(Cc2ccccc2)c1=S. The predicted molar refractivity (Wildman–Crippen MR) is 57.7 cm³/mol. The smallest absolute Gasteiger partial charge is 0.145 e. The molecule has 0 aliphatic heterocycles. The topological polar surface area (TPSA) is 33.6 Å². The van der Waals surface area contributed by atoms with Crippen molar-refractivity contribution in [1.29, 1.82) is 0 Å². The van der Waals surface area contributed by atoms with E-state index in [1.165, 1.54) is 5.56 Å². The predicted octanol–water partition coefficient (Wildman–Crippen LogP) is 2.30. The minimum atomic E-state index is 0.751. The van der Waals surface area contributed by atoms with Crippen LogP contribution < -0.4 is 0 Å². The van der Waals surface area contributed by atoms with E-state index < -0.39 is 0 Å². The molecule has 0 spiro atoms. The van der Waals surface area contributed by atoms with Crippen LogP contribution in [-0.4, -0.2) is 15.0 Å². The molecule has 0 atom stereocenters. The van der Waals surface area contributed by atoms with Crippen molar-refractivity contribution in [3.05, 3.63) is 46.2 Å². The maximum atomic E-state index is 5.19.